The van der Waals surface area contributed by atoms with Crippen LogP contribution >= 0.6 is 0 Å². The number of nitriles is 4. The fourth-order valence-corrected chi connectivity index (χ4v) is 9.88. The van der Waals surface area contributed by atoms with Gasteiger partial charge < -0.3 is 0 Å². The molecule has 2 aromatic heterocycles. The summed E-state index contributed by atoms with van der Waals surface area (Å²) in [6.07, 6.45) is 0. The average molecular weight is 731 g/mol. The molecule has 0 amide bonds. The fraction of sp³-hybridized carbons (Fsp3) is 0. The second-order valence-electron chi connectivity index (χ2n) is 14.9. The van der Waals surface area contributed by atoms with E-state index in [0.717, 1.165) is 110 Å². The maximum absolute atomic E-state index is 10.0. The smallest absolute Gasteiger partial charge is 0.142 e. The first kappa shape index (κ1) is 31.6. The molecule has 0 saturated carbocycles. The van der Waals surface area contributed by atoms with Crippen LogP contribution in [-0.2, 0) is 0 Å². The Bertz CT molecular complexity index is 3470. The van der Waals surface area contributed by atoms with Gasteiger partial charge in [-0.15, -0.1) is 0 Å². The van der Waals surface area contributed by atoms with E-state index >= 15 is 0 Å². The maximum Gasteiger partial charge on any atom is 0.142 e. The predicted molar refractivity (Wildman–Crippen MR) is 228 cm³/mol. The van der Waals surface area contributed by atoms with E-state index < -0.39 is 0 Å². The van der Waals surface area contributed by atoms with E-state index in [1.165, 1.54) is 10.8 Å². The first-order valence-electron chi connectivity index (χ1n) is 18.8. The third-order valence-corrected chi connectivity index (χ3v) is 12.1. The van der Waals surface area contributed by atoms with E-state index in [2.05, 4.69) is 143 Å². The Morgan fingerprint density at radius 3 is 1.02 bits per heavy atom. The van der Waals surface area contributed by atoms with E-state index in [4.69, 9.17) is 0 Å². The minimum atomic E-state index is 0.188. The number of hydrogen-bond donors (Lipinski definition) is 0. The summed E-state index contributed by atoms with van der Waals surface area (Å²) in [7, 11) is 0. The van der Waals surface area contributed by atoms with Crippen LogP contribution in [0.1, 0.15) is 22.8 Å². The molecule has 260 valence electrons. The molecule has 0 bridgehead atoms. The van der Waals surface area contributed by atoms with E-state index in [9.17, 15) is 21.0 Å². The van der Waals surface area contributed by atoms with E-state index in [1.54, 1.807) is 24.3 Å². The summed E-state index contributed by atoms with van der Waals surface area (Å²) in [6.45, 7) is 0. The highest BCUT2D eigenvalue weighted by molar-refractivity contribution is 6.30. The quantitative estimate of drug-likeness (QED) is 0.163. The van der Waals surface area contributed by atoms with Crippen LogP contribution < -0.4 is 0 Å². The van der Waals surface area contributed by atoms with Gasteiger partial charge in [0.2, 0.25) is 0 Å². The molecule has 2 heterocycles. The van der Waals surface area contributed by atoms with Gasteiger partial charge in [-0.3, -0.25) is 0 Å². The SMILES string of the molecule is N#Cc1cc(-c2c3c(cc4c2ccc2c5cc6c(c(-c7cc(C#N)nc(C#N)c7)c5ccc42)-c2cccc4cccc-6c24)-c2cccc4cccc-3c24)cc(C#N)n1. The van der Waals surface area contributed by atoms with Crippen molar-refractivity contribution in [3.63, 3.8) is 0 Å². The molecule has 2 aliphatic rings. The molecule has 6 heteroatoms. The molecular weight excluding hydrogens is 709 g/mol. The lowest BCUT2D eigenvalue weighted by atomic mass is 9.83. The number of aromatic nitrogens is 2. The monoisotopic (exact) mass is 730 g/mol. The van der Waals surface area contributed by atoms with Gasteiger partial charge in [0.25, 0.3) is 0 Å². The van der Waals surface area contributed by atoms with Crippen LogP contribution in [-0.4, -0.2) is 9.97 Å². The number of nitrogens with zero attached hydrogens (tertiary/aromatic N) is 6. The fourth-order valence-electron chi connectivity index (χ4n) is 9.88. The summed E-state index contributed by atoms with van der Waals surface area (Å²) in [5, 5.41) is 50.9. The van der Waals surface area contributed by atoms with Gasteiger partial charge in [-0.1, -0.05) is 97.1 Å². The molecule has 2 aliphatic carbocycles. The van der Waals surface area contributed by atoms with Gasteiger partial charge in [0.15, 0.2) is 0 Å². The van der Waals surface area contributed by atoms with Crippen LogP contribution in [0.15, 0.2) is 133 Å². The topological polar surface area (TPSA) is 121 Å². The van der Waals surface area contributed by atoms with Crippen LogP contribution in [0, 0.1) is 45.3 Å². The highest BCUT2D eigenvalue weighted by Crippen LogP contribution is 2.57. The molecular formula is C52H22N6. The number of benzene rings is 8. The molecule has 0 fully saturated rings. The molecule has 0 N–H and O–H groups in total. The number of fused-ring (bicyclic) bond motifs is 11. The van der Waals surface area contributed by atoms with E-state index in [0.29, 0.717) is 0 Å². The Kier molecular flexibility index (Phi) is 6.23. The van der Waals surface area contributed by atoms with Crippen LogP contribution in [0.25, 0.3) is 121 Å². The predicted octanol–water partition coefficient (Wildman–Crippen LogP) is 12.4. The van der Waals surface area contributed by atoms with Gasteiger partial charge in [-0.25, -0.2) is 9.97 Å². The van der Waals surface area contributed by atoms with Crippen molar-refractivity contribution in [3.05, 3.63) is 156 Å². The van der Waals surface area contributed by atoms with Crippen molar-refractivity contribution in [1.82, 2.24) is 9.97 Å². The molecule has 0 unspecified atom stereocenters. The summed E-state index contributed by atoms with van der Waals surface area (Å²) in [5.74, 6) is 0. The van der Waals surface area contributed by atoms with Crippen LogP contribution in [0.3, 0.4) is 0 Å². The Morgan fingerprint density at radius 2 is 0.655 bits per heavy atom. The van der Waals surface area contributed by atoms with Crippen LogP contribution in [0.5, 0.6) is 0 Å². The summed E-state index contributed by atoms with van der Waals surface area (Å²) < 4.78 is 0. The number of pyridine rings is 2. The molecule has 0 radical (unpaired) electrons. The first-order valence-corrected chi connectivity index (χ1v) is 18.8. The van der Waals surface area contributed by atoms with Gasteiger partial charge in [-0.05, 0) is 157 Å². The van der Waals surface area contributed by atoms with Crippen molar-refractivity contribution >= 4 is 53.9 Å². The van der Waals surface area contributed by atoms with Gasteiger partial charge >= 0.3 is 0 Å². The van der Waals surface area contributed by atoms with Crippen molar-refractivity contribution in [1.29, 1.82) is 21.0 Å². The van der Waals surface area contributed by atoms with Crippen molar-refractivity contribution in [2.75, 3.05) is 0 Å². The summed E-state index contributed by atoms with van der Waals surface area (Å²) >= 11 is 0. The molecule has 10 aromatic rings. The molecule has 8 aromatic carbocycles. The number of hydrogen-bond acceptors (Lipinski definition) is 6. The average Bonchev–Trinajstić information content (AvgIpc) is 3.78. The Hall–Kier alpha value is -8.68. The zero-order valence-corrected chi connectivity index (χ0v) is 30.4. The van der Waals surface area contributed by atoms with Crippen molar-refractivity contribution in [2.24, 2.45) is 0 Å². The zero-order chi connectivity index (χ0) is 38.8. The van der Waals surface area contributed by atoms with Crippen molar-refractivity contribution < 1.29 is 0 Å². The summed E-state index contributed by atoms with van der Waals surface area (Å²) in [4.78, 5) is 8.56. The standard InChI is InChI=1S/C52H22N6/c53-23-31-17-29(18-32(24-54)57-31)49-39-15-14-36-35(43(39)21-45-37-9-1-5-27-7-3-11-41(47(27)37)51(45)49)13-16-40-44(36)22-46-38-10-2-6-28-8-4-12-42(48(28)38)52(46)50(40)30-19-33(25-55)58-34(20-30)26-56/h1-22H. The van der Waals surface area contributed by atoms with Crippen molar-refractivity contribution in [3.8, 4) is 91.0 Å². The Labute approximate surface area is 331 Å². The van der Waals surface area contributed by atoms with Crippen molar-refractivity contribution in [2.45, 2.75) is 0 Å². The lowest BCUT2D eigenvalue weighted by Crippen LogP contribution is -1.95. The van der Waals surface area contributed by atoms with Gasteiger partial charge in [0.05, 0.1) is 0 Å². The number of rotatable bonds is 2. The van der Waals surface area contributed by atoms with E-state index in [1.807, 2.05) is 0 Å². The molecule has 0 spiro atoms. The Balaban J connectivity index is 1.25. The molecule has 0 atom stereocenters. The van der Waals surface area contributed by atoms with Gasteiger partial charge in [-0.2, -0.15) is 21.0 Å². The Morgan fingerprint density at radius 1 is 0.310 bits per heavy atom. The minimum Gasteiger partial charge on any atom is -0.226 e. The zero-order valence-electron chi connectivity index (χ0n) is 30.4. The lowest BCUT2D eigenvalue weighted by Gasteiger charge is -2.19. The molecule has 58 heavy (non-hydrogen) atoms. The lowest BCUT2D eigenvalue weighted by molar-refractivity contribution is 1.22. The molecule has 6 nitrogen and oxygen atoms in total. The molecule has 12 rings (SSSR count). The third-order valence-electron chi connectivity index (χ3n) is 12.1. The third kappa shape index (κ3) is 4.10. The van der Waals surface area contributed by atoms with E-state index in [-0.39, 0.29) is 22.8 Å². The van der Waals surface area contributed by atoms with Gasteiger partial charge in [0.1, 0.15) is 47.1 Å². The van der Waals surface area contributed by atoms with Crippen LogP contribution in [0.2, 0.25) is 0 Å². The van der Waals surface area contributed by atoms with Gasteiger partial charge in [0, 0.05) is 0 Å². The second kappa shape index (κ2) is 11.4. The highest BCUT2D eigenvalue weighted by atomic mass is 14.7. The highest BCUT2D eigenvalue weighted by Gasteiger charge is 2.30. The summed E-state index contributed by atoms with van der Waals surface area (Å²) in [6, 6.07) is 54.8. The first-order chi connectivity index (χ1) is 28.6. The minimum absolute atomic E-state index is 0.188. The summed E-state index contributed by atoms with van der Waals surface area (Å²) in [5.41, 5.74) is 13.0. The van der Waals surface area contributed by atoms with Crippen LogP contribution in [0.4, 0.5) is 0 Å². The largest absolute Gasteiger partial charge is 0.226 e. The normalized spacial score (nSPS) is 11.7. The molecule has 0 aliphatic heterocycles. The maximum atomic E-state index is 10.0. The second-order valence-corrected chi connectivity index (χ2v) is 14.9. The molecule has 0 saturated heterocycles.